The highest BCUT2D eigenvalue weighted by Crippen LogP contribution is 2.19. The van der Waals surface area contributed by atoms with Gasteiger partial charge in [0, 0.05) is 13.1 Å². The van der Waals surface area contributed by atoms with Crippen LogP contribution in [0.3, 0.4) is 0 Å². The second-order valence-electron chi connectivity index (χ2n) is 4.78. The summed E-state index contributed by atoms with van der Waals surface area (Å²) < 4.78 is 0. The molecule has 100 valence electrons. The van der Waals surface area contributed by atoms with E-state index >= 15 is 0 Å². The van der Waals surface area contributed by atoms with E-state index in [1.807, 2.05) is 38.1 Å². The summed E-state index contributed by atoms with van der Waals surface area (Å²) in [6.07, 6.45) is 0.714. The van der Waals surface area contributed by atoms with Gasteiger partial charge in [0.2, 0.25) is 5.91 Å². The molecule has 0 heterocycles. The van der Waals surface area contributed by atoms with Crippen molar-refractivity contribution in [2.24, 2.45) is 11.1 Å². The third kappa shape index (κ3) is 3.55. The van der Waals surface area contributed by atoms with E-state index in [1.54, 1.807) is 0 Å². The monoisotopic (exact) mass is 250 g/mol. The van der Waals surface area contributed by atoms with Crippen molar-refractivity contribution in [1.82, 2.24) is 5.32 Å². The van der Waals surface area contributed by atoms with Crippen LogP contribution in [-0.2, 0) is 17.9 Å². The van der Waals surface area contributed by atoms with E-state index in [1.165, 1.54) is 0 Å². The highest BCUT2D eigenvalue weighted by Gasteiger charge is 2.29. The predicted molar refractivity (Wildman–Crippen MR) is 71.7 cm³/mol. The molecule has 18 heavy (non-hydrogen) atoms. The van der Waals surface area contributed by atoms with Gasteiger partial charge in [0.1, 0.15) is 0 Å². The Morgan fingerprint density at radius 2 is 2.11 bits per heavy atom. The third-order valence-electron chi connectivity index (χ3n) is 3.41. The molecule has 1 unspecified atom stereocenters. The van der Waals surface area contributed by atoms with E-state index < -0.39 is 5.41 Å². The Balaban J connectivity index is 2.62. The number of hydrogen-bond donors (Lipinski definition) is 3. The number of benzene rings is 1. The smallest absolute Gasteiger partial charge is 0.227 e. The fourth-order valence-corrected chi connectivity index (χ4v) is 1.63. The van der Waals surface area contributed by atoms with Crippen LogP contribution in [-0.4, -0.2) is 17.6 Å². The van der Waals surface area contributed by atoms with Crippen LogP contribution in [0.25, 0.3) is 0 Å². The topological polar surface area (TPSA) is 75.4 Å². The molecule has 1 aromatic carbocycles. The average molecular weight is 250 g/mol. The molecule has 0 saturated heterocycles. The first-order chi connectivity index (χ1) is 8.55. The van der Waals surface area contributed by atoms with Crippen LogP contribution in [0.2, 0.25) is 0 Å². The summed E-state index contributed by atoms with van der Waals surface area (Å²) in [4.78, 5) is 12.0. The lowest BCUT2D eigenvalue weighted by atomic mass is 9.86. The van der Waals surface area contributed by atoms with Gasteiger partial charge in [-0.1, -0.05) is 31.2 Å². The Kier molecular flexibility index (Phi) is 5.31. The van der Waals surface area contributed by atoms with Gasteiger partial charge in [0.25, 0.3) is 0 Å². The summed E-state index contributed by atoms with van der Waals surface area (Å²) in [6.45, 7) is 4.64. The van der Waals surface area contributed by atoms with Crippen LogP contribution in [0.15, 0.2) is 24.3 Å². The molecule has 4 heteroatoms. The third-order valence-corrected chi connectivity index (χ3v) is 3.41. The van der Waals surface area contributed by atoms with Crippen molar-refractivity contribution in [3.05, 3.63) is 35.4 Å². The van der Waals surface area contributed by atoms with E-state index in [2.05, 4.69) is 5.32 Å². The van der Waals surface area contributed by atoms with Crippen molar-refractivity contribution in [3.8, 4) is 0 Å². The van der Waals surface area contributed by atoms with Crippen molar-refractivity contribution < 1.29 is 9.90 Å². The predicted octanol–water partition coefficient (Wildman–Crippen LogP) is 1.17. The van der Waals surface area contributed by atoms with Crippen molar-refractivity contribution in [3.63, 3.8) is 0 Å². The minimum absolute atomic E-state index is 0.0112. The van der Waals surface area contributed by atoms with Gasteiger partial charge in [0.15, 0.2) is 0 Å². The number of aliphatic hydroxyl groups excluding tert-OH is 1. The van der Waals surface area contributed by atoms with Crippen LogP contribution in [0.1, 0.15) is 31.4 Å². The quantitative estimate of drug-likeness (QED) is 0.709. The SMILES string of the molecule is CCC(C)(CN)C(=O)NCc1cccc(CO)c1. The van der Waals surface area contributed by atoms with Gasteiger partial charge in [-0.15, -0.1) is 0 Å². The summed E-state index contributed by atoms with van der Waals surface area (Å²) in [5.41, 5.74) is 6.96. The zero-order valence-electron chi connectivity index (χ0n) is 11.1. The summed E-state index contributed by atoms with van der Waals surface area (Å²) in [5.74, 6) is -0.0260. The lowest BCUT2D eigenvalue weighted by molar-refractivity contribution is -0.130. The normalized spacial score (nSPS) is 14.0. The Morgan fingerprint density at radius 3 is 2.67 bits per heavy atom. The molecular formula is C14H22N2O2. The van der Waals surface area contributed by atoms with Crippen LogP contribution < -0.4 is 11.1 Å². The maximum atomic E-state index is 12.0. The number of nitrogens with two attached hydrogens (primary N) is 1. The average Bonchev–Trinajstić information content (AvgIpc) is 2.43. The fourth-order valence-electron chi connectivity index (χ4n) is 1.63. The molecule has 0 bridgehead atoms. The van der Waals surface area contributed by atoms with E-state index in [4.69, 9.17) is 10.8 Å². The minimum Gasteiger partial charge on any atom is -0.392 e. The number of hydrogen-bond acceptors (Lipinski definition) is 3. The molecule has 4 nitrogen and oxygen atoms in total. The molecule has 4 N–H and O–H groups in total. The Labute approximate surface area is 108 Å². The molecule has 1 atom stereocenters. The molecule has 0 aliphatic heterocycles. The molecule has 0 saturated carbocycles. The van der Waals surface area contributed by atoms with Gasteiger partial charge in [0.05, 0.1) is 12.0 Å². The summed E-state index contributed by atoms with van der Waals surface area (Å²) in [6, 6.07) is 7.52. The largest absolute Gasteiger partial charge is 0.392 e. The maximum Gasteiger partial charge on any atom is 0.227 e. The van der Waals surface area contributed by atoms with Crippen LogP contribution in [0.5, 0.6) is 0 Å². The minimum atomic E-state index is -0.505. The van der Waals surface area contributed by atoms with Crippen molar-refractivity contribution in [2.45, 2.75) is 33.4 Å². The van der Waals surface area contributed by atoms with E-state index in [9.17, 15) is 4.79 Å². The zero-order chi connectivity index (χ0) is 13.6. The van der Waals surface area contributed by atoms with E-state index in [-0.39, 0.29) is 12.5 Å². The van der Waals surface area contributed by atoms with Gasteiger partial charge >= 0.3 is 0 Å². The van der Waals surface area contributed by atoms with E-state index in [0.29, 0.717) is 19.5 Å². The van der Waals surface area contributed by atoms with E-state index in [0.717, 1.165) is 11.1 Å². The van der Waals surface area contributed by atoms with Gasteiger partial charge < -0.3 is 16.2 Å². The number of nitrogens with one attached hydrogen (secondary N) is 1. The second-order valence-corrected chi connectivity index (χ2v) is 4.78. The summed E-state index contributed by atoms with van der Waals surface area (Å²) in [5, 5.41) is 11.9. The highest BCUT2D eigenvalue weighted by atomic mass is 16.3. The Bertz CT molecular complexity index is 401. The molecule has 0 spiro atoms. The summed E-state index contributed by atoms with van der Waals surface area (Å²) >= 11 is 0. The molecule has 0 fully saturated rings. The number of carbonyl (C=O) groups is 1. The first-order valence-corrected chi connectivity index (χ1v) is 6.22. The number of aliphatic hydroxyl groups is 1. The molecule has 0 aromatic heterocycles. The van der Waals surface area contributed by atoms with Gasteiger partial charge in [-0.3, -0.25) is 4.79 Å². The molecule has 0 radical (unpaired) electrons. The lowest BCUT2D eigenvalue weighted by Crippen LogP contribution is -2.43. The van der Waals surface area contributed by atoms with Gasteiger partial charge in [-0.2, -0.15) is 0 Å². The van der Waals surface area contributed by atoms with Gasteiger partial charge in [-0.05, 0) is 24.5 Å². The number of rotatable bonds is 6. The van der Waals surface area contributed by atoms with Crippen molar-refractivity contribution >= 4 is 5.91 Å². The standard InChI is InChI=1S/C14H22N2O2/c1-3-14(2,10-15)13(18)16-8-11-5-4-6-12(7-11)9-17/h4-7,17H,3,8-10,15H2,1-2H3,(H,16,18). The zero-order valence-corrected chi connectivity index (χ0v) is 11.1. The first-order valence-electron chi connectivity index (χ1n) is 6.22. The Morgan fingerprint density at radius 1 is 1.44 bits per heavy atom. The van der Waals surface area contributed by atoms with Crippen LogP contribution >= 0.6 is 0 Å². The molecule has 1 rings (SSSR count). The number of carbonyl (C=O) groups excluding carboxylic acids is 1. The molecule has 0 aliphatic rings. The molecule has 0 aliphatic carbocycles. The van der Waals surface area contributed by atoms with Crippen LogP contribution in [0.4, 0.5) is 0 Å². The van der Waals surface area contributed by atoms with Crippen LogP contribution in [0, 0.1) is 5.41 Å². The fraction of sp³-hybridized carbons (Fsp3) is 0.500. The highest BCUT2D eigenvalue weighted by molar-refractivity contribution is 5.82. The van der Waals surface area contributed by atoms with Crippen molar-refractivity contribution in [2.75, 3.05) is 6.54 Å². The molecule has 1 amide bonds. The Hall–Kier alpha value is -1.39. The molecule has 1 aromatic rings. The first kappa shape index (κ1) is 14.7. The maximum absolute atomic E-state index is 12.0. The lowest BCUT2D eigenvalue weighted by Gasteiger charge is -2.25. The number of amides is 1. The van der Waals surface area contributed by atoms with Crippen molar-refractivity contribution in [1.29, 1.82) is 0 Å². The van der Waals surface area contributed by atoms with Gasteiger partial charge in [-0.25, -0.2) is 0 Å². The second kappa shape index (κ2) is 6.52. The summed E-state index contributed by atoms with van der Waals surface area (Å²) in [7, 11) is 0. The molecular weight excluding hydrogens is 228 g/mol.